The third kappa shape index (κ3) is 4.47. The molecule has 1 fully saturated rings. The largest absolute Gasteiger partial charge is 0.407 e. The standard InChI is InChI=1S/C13H24N4O2/c1-9(2)7-14-8-12-16-17-13(19-12)15-10(3)11-5-4-6-18-11/h9-11,14H,4-8H2,1-3H3,(H,15,17). The van der Waals surface area contributed by atoms with Crippen molar-refractivity contribution >= 4 is 6.01 Å². The number of hydrogen-bond acceptors (Lipinski definition) is 6. The first-order chi connectivity index (χ1) is 9.15. The van der Waals surface area contributed by atoms with Crippen LogP contribution < -0.4 is 10.6 Å². The van der Waals surface area contributed by atoms with E-state index in [0.717, 1.165) is 26.0 Å². The van der Waals surface area contributed by atoms with Gasteiger partial charge in [0.15, 0.2) is 0 Å². The zero-order valence-corrected chi connectivity index (χ0v) is 12.0. The van der Waals surface area contributed by atoms with Gasteiger partial charge in [-0.25, -0.2) is 0 Å². The van der Waals surface area contributed by atoms with Gasteiger partial charge >= 0.3 is 6.01 Å². The van der Waals surface area contributed by atoms with Crippen molar-refractivity contribution in [2.24, 2.45) is 5.92 Å². The summed E-state index contributed by atoms with van der Waals surface area (Å²) in [6, 6.07) is 0.670. The van der Waals surface area contributed by atoms with E-state index >= 15 is 0 Å². The molecule has 1 aliphatic rings. The van der Waals surface area contributed by atoms with Crippen molar-refractivity contribution in [2.45, 2.75) is 52.3 Å². The van der Waals surface area contributed by atoms with Crippen LogP contribution in [-0.2, 0) is 11.3 Å². The lowest BCUT2D eigenvalue weighted by atomic mass is 10.1. The van der Waals surface area contributed by atoms with Crippen LogP contribution in [0.1, 0.15) is 39.5 Å². The average molecular weight is 268 g/mol. The van der Waals surface area contributed by atoms with Crippen molar-refractivity contribution in [2.75, 3.05) is 18.5 Å². The van der Waals surface area contributed by atoms with E-state index in [0.29, 0.717) is 24.4 Å². The Bertz CT molecular complexity index is 374. The lowest BCUT2D eigenvalue weighted by Crippen LogP contribution is -2.30. The van der Waals surface area contributed by atoms with Crippen molar-refractivity contribution < 1.29 is 9.15 Å². The maximum atomic E-state index is 5.62. The third-order valence-corrected chi connectivity index (χ3v) is 3.17. The van der Waals surface area contributed by atoms with Crippen LogP contribution in [0.5, 0.6) is 0 Å². The van der Waals surface area contributed by atoms with Gasteiger partial charge in [-0.05, 0) is 32.2 Å². The summed E-state index contributed by atoms with van der Waals surface area (Å²) in [6.07, 6.45) is 2.46. The van der Waals surface area contributed by atoms with Crippen LogP contribution in [0, 0.1) is 5.92 Å². The Morgan fingerprint density at radius 2 is 2.16 bits per heavy atom. The number of anilines is 1. The maximum Gasteiger partial charge on any atom is 0.315 e. The third-order valence-electron chi connectivity index (χ3n) is 3.17. The Labute approximate surface area is 114 Å². The Hall–Kier alpha value is -1.14. The lowest BCUT2D eigenvalue weighted by molar-refractivity contribution is 0.0989. The summed E-state index contributed by atoms with van der Waals surface area (Å²) in [4.78, 5) is 0. The fourth-order valence-electron chi connectivity index (χ4n) is 2.14. The fourth-order valence-corrected chi connectivity index (χ4v) is 2.14. The Morgan fingerprint density at radius 1 is 1.32 bits per heavy atom. The van der Waals surface area contributed by atoms with Gasteiger partial charge in [-0.1, -0.05) is 18.9 Å². The molecule has 1 aromatic rings. The molecule has 0 aromatic carbocycles. The molecule has 108 valence electrons. The minimum absolute atomic E-state index is 0.194. The quantitative estimate of drug-likeness (QED) is 0.785. The van der Waals surface area contributed by atoms with Gasteiger partial charge in [0.1, 0.15) is 0 Å². The predicted molar refractivity (Wildman–Crippen MR) is 72.9 cm³/mol. The second-order valence-corrected chi connectivity index (χ2v) is 5.51. The maximum absolute atomic E-state index is 5.62. The molecular weight excluding hydrogens is 244 g/mol. The number of ether oxygens (including phenoxy) is 1. The smallest absolute Gasteiger partial charge is 0.315 e. The average Bonchev–Trinajstić information content (AvgIpc) is 2.99. The van der Waals surface area contributed by atoms with E-state index in [-0.39, 0.29) is 12.1 Å². The summed E-state index contributed by atoms with van der Waals surface area (Å²) in [5.41, 5.74) is 0. The van der Waals surface area contributed by atoms with E-state index < -0.39 is 0 Å². The summed E-state index contributed by atoms with van der Waals surface area (Å²) < 4.78 is 11.2. The second-order valence-electron chi connectivity index (χ2n) is 5.51. The molecule has 2 N–H and O–H groups in total. The Morgan fingerprint density at radius 3 is 2.84 bits per heavy atom. The first-order valence-corrected chi connectivity index (χ1v) is 7.06. The molecule has 0 amide bonds. The molecule has 19 heavy (non-hydrogen) atoms. The van der Waals surface area contributed by atoms with Crippen LogP contribution >= 0.6 is 0 Å². The molecule has 2 heterocycles. The highest BCUT2D eigenvalue weighted by atomic mass is 16.5. The number of aromatic nitrogens is 2. The van der Waals surface area contributed by atoms with Crippen molar-refractivity contribution in [1.82, 2.24) is 15.5 Å². The van der Waals surface area contributed by atoms with Gasteiger partial charge in [-0.3, -0.25) is 0 Å². The molecular formula is C13H24N4O2. The molecule has 6 nitrogen and oxygen atoms in total. The molecule has 1 aliphatic heterocycles. The van der Waals surface area contributed by atoms with Crippen LogP contribution in [0.4, 0.5) is 6.01 Å². The predicted octanol–water partition coefficient (Wildman–Crippen LogP) is 1.79. The van der Waals surface area contributed by atoms with Gasteiger partial charge in [0.2, 0.25) is 5.89 Å². The van der Waals surface area contributed by atoms with Crippen molar-refractivity contribution in [3.8, 4) is 0 Å². The summed E-state index contributed by atoms with van der Waals surface area (Å²) in [5.74, 6) is 1.22. The summed E-state index contributed by atoms with van der Waals surface area (Å²) in [5, 5.41) is 14.5. The molecule has 2 unspecified atom stereocenters. The van der Waals surface area contributed by atoms with E-state index in [1.807, 2.05) is 0 Å². The highest BCUT2D eigenvalue weighted by Gasteiger charge is 2.23. The van der Waals surface area contributed by atoms with Crippen LogP contribution in [0.25, 0.3) is 0 Å². The van der Waals surface area contributed by atoms with E-state index in [9.17, 15) is 0 Å². The number of nitrogens with zero attached hydrogens (tertiary/aromatic N) is 2. The van der Waals surface area contributed by atoms with Crippen molar-refractivity contribution in [3.63, 3.8) is 0 Å². The Balaban J connectivity index is 1.76. The van der Waals surface area contributed by atoms with E-state index in [2.05, 4.69) is 41.6 Å². The van der Waals surface area contributed by atoms with Gasteiger partial charge in [0.05, 0.1) is 18.7 Å². The molecule has 1 aromatic heterocycles. The number of nitrogens with one attached hydrogen (secondary N) is 2. The number of hydrogen-bond donors (Lipinski definition) is 2. The van der Waals surface area contributed by atoms with Gasteiger partial charge in [0.25, 0.3) is 0 Å². The van der Waals surface area contributed by atoms with Crippen LogP contribution in [0.2, 0.25) is 0 Å². The van der Waals surface area contributed by atoms with Gasteiger partial charge in [0, 0.05) is 6.61 Å². The van der Waals surface area contributed by atoms with Gasteiger partial charge < -0.3 is 19.8 Å². The molecule has 0 bridgehead atoms. The van der Waals surface area contributed by atoms with Gasteiger partial charge in [-0.15, -0.1) is 5.10 Å². The zero-order valence-electron chi connectivity index (χ0n) is 12.0. The molecule has 6 heteroatoms. The highest BCUT2D eigenvalue weighted by Crippen LogP contribution is 2.18. The second kappa shape index (κ2) is 6.86. The summed E-state index contributed by atoms with van der Waals surface area (Å²) >= 11 is 0. The molecule has 0 spiro atoms. The first-order valence-electron chi connectivity index (χ1n) is 7.06. The van der Waals surface area contributed by atoms with Crippen LogP contribution in [0.15, 0.2) is 4.42 Å². The molecule has 1 saturated heterocycles. The Kier molecular flexibility index (Phi) is 5.15. The normalized spacial score (nSPS) is 20.9. The van der Waals surface area contributed by atoms with Crippen molar-refractivity contribution in [3.05, 3.63) is 5.89 Å². The molecule has 0 saturated carbocycles. The van der Waals surface area contributed by atoms with E-state index in [4.69, 9.17) is 9.15 Å². The minimum atomic E-state index is 0.194. The lowest BCUT2D eigenvalue weighted by Gasteiger charge is -2.18. The van der Waals surface area contributed by atoms with E-state index in [1.54, 1.807) is 0 Å². The van der Waals surface area contributed by atoms with E-state index in [1.165, 1.54) is 0 Å². The highest BCUT2D eigenvalue weighted by molar-refractivity contribution is 5.19. The molecule has 0 radical (unpaired) electrons. The van der Waals surface area contributed by atoms with Crippen LogP contribution in [0.3, 0.4) is 0 Å². The summed E-state index contributed by atoms with van der Waals surface area (Å²) in [6.45, 7) is 8.81. The molecule has 2 rings (SSSR count). The monoisotopic (exact) mass is 268 g/mol. The topological polar surface area (TPSA) is 72.2 Å². The van der Waals surface area contributed by atoms with Gasteiger partial charge in [-0.2, -0.15) is 0 Å². The first kappa shape index (κ1) is 14.3. The van der Waals surface area contributed by atoms with Crippen LogP contribution in [-0.4, -0.2) is 35.5 Å². The summed E-state index contributed by atoms with van der Waals surface area (Å²) in [7, 11) is 0. The molecule has 0 aliphatic carbocycles. The zero-order chi connectivity index (χ0) is 13.7. The molecule has 2 atom stereocenters. The minimum Gasteiger partial charge on any atom is -0.407 e. The number of rotatable bonds is 7. The SMILES string of the molecule is CC(C)CNCc1nnc(NC(C)C2CCCO2)o1. The fraction of sp³-hybridized carbons (Fsp3) is 0.846. The van der Waals surface area contributed by atoms with Crippen molar-refractivity contribution in [1.29, 1.82) is 0 Å².